The van der Waals surface area contributed by atoms with Gasteiger partial charge >= 0.3 is 5.97 Å². The van der Waals surface area contributed by atoms with Crippen LogP contribution in [0.3, 0.4) is 0 Å². The number of carbonyl (C=O) groups excluding carboxylic acids is 9. The minimum Gasteiger partial charge on any atom is -0.455 e. The van der Waals surface area contributed by atoms with Gasteiger partial charge in [0.2, 0.25) is 23.6 Å². The second-order valence-corrected chi connectivity index (χ2v) is 19.9. The number of nitrogens with zero attached hydrogens (tertiary/aromatic N) is 6. The first kappa shape index (κ1) is 57.2. The third-order valence-electron chi connectivity index (χ3n) is 13.0. The van der Waals surface area contributed by atoms with Gasteiger partial charge in [-0.2, -0.15) is 0 Å². The van der Waals surface area contributed by atoms with Crippen molar-refractivity contribution >= 4 is 81.2 Å². The van der Waals surface area contributed by atoms with Crippen molar-refractivity contribution in [2.45, 2.75) is 136 Å². The molecule has 1 saturated heterocycles. The Labute approximate surface area is 430 Å². The lowest BCUT2D eigenvalue weighted by molar-refractivity contribution is -0.148. The zero-order valence-electron chi connectivity index (χ0n) is 42.9. The second-order valence-electron chi connectivity index (χ2n) is 19.0. The fourth-order valence-electron chi connectivity index (χ4n) is 8.40. The number of thiazole rings is 1. The van der Waals surface area contributed by atoms with E-state index in [2.05, 4.69) is 25.9 Å². The van der Waals surface area contributed by atoms with E-state index in [0.29, 0.717) is 47.7 Å². The van der Waals surface area contributed by atoms with Crippen LogP contribution in [0.2, 0.25) is 0 Å². The molecule has 394 valence electrons. The summed E-state index contributed by atoms with van der Waals surface area (Å²) in [6.07, 6.45) is 4.54. The Morgan fingerprint density at radius 2 is 1.55 bits per heavy atom. The maximum atomic E-state index is 14.5. The van der Waals surface area contributed by atoms with Crippen molar-refractivity contribution in [3.05, 3.63) is 70.3 Å². The van der Waals surface area contributed by atoms with E-state index >= 15 is 0 Å². The van der Waals surface area contributed by atoms with Crippen molar-refractivity contribution in [3.8, 4) is 0 Å². The van der Waals surface area contributed by atoms with E-state index in [0.717, 1.165) is 28.0 Å². The van der Waals surface area contributed by atoms with Crippen LogP contribution in [0.15, 0.2) is 58.9 Å². The molecule has 73 heavy (non-hydrogen) atoms. The number of likely N-dealkylation sites (tertiary alicyclic amines) is 1. The summed E-state index contributed by atoms with van der Waals surface area (Å²) in [4.78, 5) is 136. The monoisotopic (exact) mass is 1030 g/mol. The van der Waals surface area contributed by atoms with Gasteiger partial charge in [0.25, 0.3) is 23.6 Å². The highest BCUT2D eigenvalue weighted by molar-refractivity contribution is 7.09. The van der Waals surface area contributed by atoms with Gasteiger partial charge in [0.05, 0.1) is 24.3 Å². The topological polar surface area (TPSA) is 273 Å². The van der Waals surface area contributed by atoms with Crippen LogP contribution in [0.5, 0.6) is 0 Å². The second kappa shape index (κ2) is 27.4. The van der Waals surface area contributed by atoms with Crippen LogP contribution in [0.25, 0.3) is 10.9 Å². The van der Waals surface area contributed by atoms with Gasteiger partial charge in [-0.05, 0) is 62.6 Å². The maximum Gasteiger partial charge on any atom is 0.303 e. The van der Waals surface area contributed by atoms with Crippen LogP contribution in [-0.4, -0.2) is 141 Å². The molecule has 21 heteroatoms. The van der Waals surface area contributed by atoms with Gasteiger partial charge < -0.3 is 36.2 Å². The number of pyridine rings is 1. The molecule has 1 fully saturated rings. The largest absolute Gasteiger partial charge is 0.455 e. The fourth-order valence-corrected chi connectivity index (χ4v) is 9.24. The Morgan fingerprint density at radius 1 is 0.863 bits per heavy atom. The lowest BCUT2D eigenvalue weighted by Gasteiger charge is -2.34. The van der Waals surface area contributed by atoms with E-state index in [4.69, 9.17) is 15.5 Å². The number of hydrogen-bond acceptors (Lipinski definition) is 14. The Balaban J connectivity index is 1.30. The molecule has 6 atom stereocenters. The molecule has 0 saturated carbocycles. The smallest absolute Gasteiger partial charge is 0.303 e. The average Bonchev–Trinajstić information content (AvgIpc) is 3.97. The molecule has 2 aliphatic heterocycles. The zero-order valence-corrected chi connectivity index (χ0v) is 43.7. The van der Waals surface area contributed by atoms with Crippen molar-refractivity contribution in [2.24, 2.45) is 22.6 Å². The molecule has 0 unspecified atom stereocenters. The van der Waals surface area contributed by atoms with Gasteiger partial charge in [-0.25, -0.2) is 9.98 Å². The Kier molecular flexibility index (Phi) is 21.4. The maximum absolute atomic E-state index is 14.5. The number of hydrogen-bond donors (Lipinski definition) is 4. The van der Waals surface area contributed by atoms with Gasteiger partial charge in [0, 0.05) is 80.9 Å². The highest BCUT2D eigenvalue weighted by atomic mass is 32.1. The van der Waals surface area contributed by atoms with Crippen LogP contribution >= 0.6 is 11.3 Å². The first-order valence-corrected chi connectivity index (χ1v) is 26.0. The van der Waals surface area contributed by atoms with Gasteiger partial charge in [-0.15, -0.1) is 11.3 Å². The number of esters is 1. The molecule has 0 radical (unpaired) electrons. The molecular weight excluding hydrogens is 957 g/mol. The minimum atomic E-state index is -1.28. The highest BCUT2D eigenvalue weighted by Gasteiger charge is 2.34. The first-order valence-electron chi connectivity index (χ1n) is 25.1. The van der Waals surface area contributed by atoms with Crippen molar-refractivity contribution in [2.75, 3.05) is 33.2 Å². The third kappa shape index (κ3) is 16.4. The summed E-state index contributed by atoms with van der Waals surface area (Å²) in [6, 6.07) is 7.21. The van der Waals surface area contributed by atoms with Crippen molar-refractivity contribution in [3.63, 3.8) is 0 Å². The fraction of sp³-hybridized carbons (Fsp3) is 0.538. The minimum absolute atomic E-state index is 0.0124. The number of para-hydroxylation sites is 1. The number of imide groups is 1. The lowest BCUT2D eigenvalue weighted by Crippen LogP contribution is -2.56. The molecule has 2 aliphatic rings. The predicted molar refractivity (Wildman–Crippen MR) is 275 cm³/mol. The SMILES string of the molecule is CC[C@H](C)CC(=O)N(C)[C@H](C[C@@H](OC(C)=O)c1nc(C(=O)N[C@@H](Cc2ccc3ccccc3n2)C(=O)N[C@H](CCCCN)C(=O)N[C@@H](CC)C(=O)N=C2CN(C(=O)CCCN3C(=O)C=CC3=O)C2)cs1)C(C)C. The molecular formula is C52H70N10O10S. The number of carbonyl (C=O) groups is 9. The van der Waals surface area contributed by atoms with Crippen LogP contribution < -0.4 is 21.7 Å². The summed E-state index contributed by atoms with van der Waals surface area (Å²) in [6.45, 7) is 11.7. The number of aliphatic imine (C=N–C) groups is 1. The van der Waals surface area contributed by atoms with Gasteiger partial charge in [-0.3, -0.25) is 53.0 Å². The van der Waals surface area contributed by atoms with E-state index in [9.17, 15) is 43.2 Å². The molecule has 8 amide bonds. The van der Waals surface area contributed by atoms with Crippen molar-refractivity contribution in [1.29, 1.82) is 0 Å². The third-order valence-corrected chi connectivity index (χ3v) is 13.9. The summed E-state index contributed by atoms with van der Waals surface area (Å²) < 4.78 is 5.76. The van der Waals surface area contributed by atoms with Gasteiger partial charge in [0.1, 0.15) is 28.8 Å². The van der Waals surface area contributed by atoms with E-state index in [1.807, 2.05) is 58.0 Å². The number of benzene rings is 1. The van der Waals surface area contributed by atoms with E-state index in [1.165, 1.54) is 29.4 Å². The normalized spacial score (nSPS) is 15.8. The Morgan fingerprint density at radius 3 is 2.21 bits per heavy atom. The number of unbranched alkanes of at least 4 members (excludes halogenated alkanes) is 1. The van der Waals surface area contributed by atoms with Crippen LogP contribution in [0.4, 0.5) is 0 Å². The van der Waals surface area contributed by atoms with Crippen molar-refractivity contribution in [1.82, 2.24) is 40.6 Å². The van der Waals surface area contributed by atoms with E-state index in [-0.39, 0.29) is 93.5 Å². The molecule has 0 bridgehead atoms. The predicted octanol–water partition coefficient (Wildman–Crippen LogP) is 3.97. The zero-order chi connectivity index (χ0) is 53.4. The molecule has 2 aromatic heterocycles. The van der Waals surface area contributed by atoms with Gasteiger partial charge in [0.15, 0.2) is 6.10 Å². The first-order chi connectivity index (χ1) is 34.8. The standard InChI is InChI=1S/C52H70N10O10S/c1-8-32(5)25-47(67)60(7)42(31(3)4)27-43(72-33(6)63)52-59-41(30-73-52)51(71)58-40(26-35-20-19-34-15-10-11-16-38(34)54-35)50(70)57-39(17-12-13-23-53)49(69)56-37(9-2)48(68)55-36-28-61(29-36)44(64)18-14-24-62-45(65)21-22-46(62)66/h10-11,15-16,19-22,30-32,37,39-40,42-43H,8-9,12-14,17-18,23-29,53H2,1-7H3,(H,56,69)(H,57,70)(H,58,71)/t32-,37-,39+,40-,42+,43+/m0/s1. The molecule has 3 aromatic rings. The summed E-state index contributed by atoms with van der Waals surface area (Å²) in [5.41, 5.74) is 7.34. The summed E-state index contributed by atoms with van der Waals surface area (Å²) in [7, 11) is 1.74. The number of ether oxygens (including phenoxy) is 1. The Bertz CT molecular complexity index is 2540. The number of nitrogens with two attached hydrogens (primary N) is 1. The highest BCUT2D eigenvalue weighted by Crippen LogP contribution is 2.31. The number of rotatable bonds is 27. The summed E-state index contributed by atoms with van der Waals surface area (Å²) >= 11 is 1.10. The number of nitrogens with one attached hydrogen (secondary N) is 3. The van der Waals surface area contributed by atoms with Crippen LogP contribution in [0.1, 0.15) is 127 Å². The molecule has 0 aliphatic carbocycles. The molecule has 4 heterocycles. The van der Waals surface area contributed by atoms with E-state index < -0.39 is 65.6 Å². The summed E-state index contributed by atoms with van der Waals surface area (Å²) in [5.74, 6) is -4.16. The average molecular weight is 1030 g/mol. The quantitative estimate of drug-likeness (QED) is 0.0479. The van der Waals surface area contributed by atoms with Crippen LogP contribution in [0, 0.1) is 11.8 Å². The van der Waals surface area contributed by atoms with Gasteiger partial charge in [-0.1, -0.05) is 65.3 Å². The Hall–Kier alpha value is -6.74. The van der Waals surface area contributed by atoms with Crippen molar-refractivity contribution < 1.29 is 47.9 Å². The lowest BCUT2D eigenvalue weighted by atomic mass is 9.95. The molecule has 5 N–H and O–H groups in total. The molecule has 5 rings (SSSR count). The number of fused-ring (bicyclic) bond motifs is 1. The van der Waals surface area contributed by atoms with Crippen LogP contribution in [-0.2, 0) is 49.5 Å². The molecule has 20 nitrogen and oxygen atoms in total. The number of aromatic nitrogens is 2. The van der Waals surface area contributed by atoms with E-state index in [1.54, 1.807) is 24.9 Å². The summed E-state index contributed by atoms with van der Waals surface area (Å²) in [5, 5.41) is 11.1. The number of amides is 8. The molecule has 1 aromatic carbocycles. The molecule has 0 spiro atoms.